The van der Waals surface area contributed by atoms with Gasteiger partial charge >= 0.3 is 6.03 Å². The van der Waals surface area contributed by atoms with Gasteiger partial charge < -0.3 is 15.5 Å². The van der Waals surface area contributed by atoms with E-state index in [-0.39, 0.29) is 17.7 Å². The van der Waals surface area contributed by atoms with Gasteiger partial charge in [0, 0.05) is 18.8 Å². The van der Waals surface area contributed by atoms with E-state index < -0.39 is 0 Å². The largest absolute Gasteiger partial charge is 0.325 e. The lowest BCUT2D eigenvalue weighted by Gasteiger charge is -2.18. The second-order valence-electron chi connectivity index (χ2n) is 7.33. The fraction of sp³-hybridized carbons (Fsp3) is 0.273. The van der Waals surface area contributed by atoms with Crippen molar-refractivity contribution in [1.29, 1.82) is 0 Å². The van der Waals surface area contributed by atoms with Crippen molar-refractivity contribution in [3.63, 3.8) is 0 Å². The summed E-state index contributed by atoms with van der Waals surface area (Å²) in [5.41, 5.74) is 3.26. The zero-order valence-corrected chi connectivity index (χ0v) is 18.1. The first kappa shape index (κ1) is 20.9. The van der Waals surface area contributed by atoms with Gasteiger partial charge in [-0.2, -0.15) is 0 Å². The number of nitrogens with zero attached hydrogens (tertiary/aromatic N) is 4. The Labute approximate surface area is 185 Å². The molecule has 0 spiro atoms. The molecule has 1 aromatic heterocycles. The molecule has 3 amide bonds. The topological polar surface area (TPSA) is 92.1 Å². The number of anilines is 2. The second-order valence-corrected chi connectivity index (χ2v) is 8.27. The van der Waals surface area contributed by atoms with Gasteiger partial charge in [-0.15, -0.1) is 10.2 Å². The molecule has 2 heterocycles. The Morgan fingerprint density at radius 3 is 2.39 bits per heavy atom. The number of aryl methyl sites for hydroxylation is 1. The summed E-state index contributed by atoms with van der Waals surface area (Å²) in [6, 6.07) is 15.1. The van der Waals surface area contributed by atoms with E-state index in [1.807, 2.05) is 47.9 Å². The highest BCUT2D eigenvalue weighted by atomic mass is 32.2. The minimum atomic E-state index is -0.189. The van der Waals surface area contributed by atoms with Crippen molar-refractivity contribution in [1.82, 2.24) is 19.7 Å². The number of likely N-dealkylation sites (tertiary alicyclic amines) is 1. The predicted molar refractivity (Wildman–Crippen MR) is 122 cm³/mol. The number of rotatable bonds is 6. The molecule has 8 nitrogen and oxygen atoms in total. The number of urea groups is 1. The lowest BCUT2D eigenvalue weighted by Crippen LogP contribution is -2.32. The average Bonchev–Trinajstić information content (AvgIpc) is 3.46. The number of aromatic nitrogens is 3. The van der Waals surface area contributed by atoms with Crippen LogP contribution in [0.3, 0.4) is 0 Å². The number of amides is 3. The number of benzene rings is 2. The van der Waals surface area contributed by atoms with E-state index >= 15 is 0 Å². The quantitative estimate of drug-likeness (QED) is 0.571. The molecule has 0 atom stereocenters. The first-order chi connectivity index (χ1) is 15.1. The summed E-state index contributed by atoms with van der Waals surface area (Å²) in [6.07, 6.45) is 3.68. The summed E-state index contributed by atoms with van der Waals surface area (Å²) in [5, 5.41) is 14.5. The summed E-state index contributed by atoms with van der Waals surface area (Å²) < 4.78 is 1.85. The van der Waals surface area contributed by atoms with Gasteiger partial charge in [-0.1, -0.05) is 41.6 Å². The van der Waals surface area contributed by atoms with Gasteiger partial charge in [0.25, 0.3) is 0 Å². The van der Waals surface area contributed by atoms with Crippen LogP contribution in [-0.4, -0.2) is 50.4 Å². The zero-order chi connectivity index (χ0) is 21.6. The minimum absolute atomic E-state index is 0.139. The van der Waals surface area contributed by atoms with Gasteiger partial charge in [-0.3, -0.25) is 9.36 Å². The summed E-state index contributed by atoms with van der Waals surface area (Å²) in [4.78, 5) is 26.8. The molecule has 4 rings (SSSR count). The molecule has 1 aliphatic heterocycles. The normalized spacial score (nSPS) is 13.3. The monoisotopic (exact) mass is 436 g/mol. The van der Waals surface area contributed by atoms with Crippen LogP contribution in [0.2, 0.25) is 0 Å². The van der Waals surface area contributed by atoms with E-state index in [4.69, 9.17) is 0 Å². The van der Waals surface area contributed by atoms with E-state index in [0.29, 0.717) is 16.5 Å². The number of hydrogen-bond donors (Lipinski definition) is 2. The molecule has 0 aliphatic carbocycles. The Kier molecular flexibility index (Phi) is 6.51. The van der Waals surface area contributed by atoms with Crippen LogP contribution in [0, 0.1) is 6.92 Å². The van der Waals surface area contributed by atoms with Crippen molar-refractivity contribution in [3.05, 3.63) is 60.4 Å². The maximum atomic E-state index is 12.6. The van der Waals surface area contributed by atoms with E-state index in [1.54, 1.807) is 23.4 Å². The van der Waals surface area contributed by atoms with Crippen LogP contribution in [0.15, 0.2) is 60.0 Å². The molecular formula is C22H24N6O2S. The molecule has 31 heavy (non-hydrogen) atoms. The van der Waals surface area contributed by atoms with Crippen molar-refractivity contribution >= 4 is 35.1 Å². The molecule has 1 fully saturated rings. The van der Waals surface area contributed by atoms with Crippen molar-refractivity contribution < 1.29 is 9.59 Å². The second kappa shape index (κ2) is 9.65. The highest BCUT2D eigenvalue weighted by Crippen LogP contribution is 2.24. The van der Waals surface area contributed by atoms with Crippen LogP contribution in [0.1, 0.15) is 18.4 Å². The van der Waals surface area contributed by atoms with Crippen LogP contribution in [0.4, 0.5) is 16.2 Å². The summed E-state index contributed by atoms with van der Waals surface area (Å²) in [6.45, 7) is 3.55. The van der Waals surface area contributed by atoms with Crippen molar-refractivity contribution in [2.24, 2.45) is 0 Å². The molecule has 0 bridgehead atoms. The molecule has 0 saturated carbocycles. The molecule has 1 saturated heterocycles. The Morgan fingerprint density at radius 1 is 1.00 bits per heavy atom. The third-order valence-corrected chi connectivity index (χ3v) is 5.94. The summed E-state index contributed by atoms with van der Waals surface area (Å²) in [7, 11) is 0. The highest BCUT2D eigenvalue weighted by Gasteiger charge is 2.19. The Balaban J connectivity index is 1.37. The highest BCUT2D eigenvalue weighted by molar-refractivity contribution is 7.99. The predicted octanol–water partition coefficient (Wildman–Crippen LogP) is 3.93. The van der Waals surface area contributed by atoms with Crippen LogP contribution >= 0.6 is 11.8 Å². The summed E-state index contributed by atoms with van der Waals surface area (Å²) in [5.74, 6) is -0.0230. The third-order valence-electron chi connectivity index (χ3n) is 5.00. The number of carbonyl (C=O) groups excluding carboxylic acids is 2. The first-order valence-electron chi connectivity index (χ1n) is 10.1. The van der Waals surface area contributed by atoms with Crippen LogP contribution in [0.5, 0.6) is 0 Å². The van der Waals surface area contributed by atoms with Gasteiger partial charge in [-0.25, -0.2) is 4.79 Å². The molecular weight excluding hydrogens is 412 g/mol. The van der Waals surface area contributed by atoms with E-state index in [0.717, 1.165) is 31.6 Å². The lowest BCUT2D eigenvalue weighted by atomic mass is 10.2. The first-order valence-corrected chi connectivity index (χ1v) is 11.1. The van der Waals surface area contributed by atoms with Gasteiger partial charge in [0.1, 0.15) is 6.33 Å². The lowest BCUT2D eigenvalue weighted by molar-refractivity contribution is -0.113. The van der Waals surface area contributed by atoms with Crippen LogP contribution in [0.25, 0.3) is 5.69 Å². The fourth-order valence-electron chi connectivity index (χ4n) is 3.34. The van der Waals surface area contributed by atoms with Crippen LogP contribution < -0.4 is 10.6 Å². The number of hydrogen-bond acceptors (Lipinski definition) is 5. The molecule has 0 radical (unpaired) electrons. The van der Waals surface area contributed by atoms with E-state index in [1.165, 1.54) is 17.3 Å². The zero-order valence-electron chi connectivity index (χ0n) is 17.2. The van der Waals surface area contributed by atoms with E-state index in [2.05, 4.69) is 20.8 Å². The SMILES string of the molecule is Cc1ccc(-n2cnnc2SCC(=O)Nc2ccccc2NC(=O)N2CCCC2)cc1. The Bertz CT molecular complexity index is 1060. The summed E-state index contributed by atoms with van der Waals surface area (Å²) >= 11 is 1.30. The fourth-order valence-corrected chi connectivity index (χ4v) is 4.07. The maximum Gasteiger partial charge on any atom is 0.321 e. The van der Waals surface area contributed by atoms with Crippen LogP contribution in [-0.2, 0) is 4.79 Å². The maximum absolute atomic E-state index is 12.6. The Morgan fingerprint density at radius 2 is 1.68 bits per heavy atom. The number of carbonyl (C=O) groups is 2. The molecule has 0 unspecified atom stereocenters. The van der Waals surface area contributed by atoms with Crippen molar-refractivity contribution in [3.8, 4) is 5.69 Å². The number of para-hydroxylation sites is 2. The molecule has 2 aromatic carbocycles. The van der Waals surface area contributed by atoms with Crippen molar-refractivity contribution in [2.75, 3.05) is 29.5 Å². The molecule has 9 heteroatoms. The van der Waals surface area contributed by atoms with Gasteiger partial charge in [0.15, 0.2) is 5.16 Å². The number of nitrogens with one attached hydrogen (secondary N) is 2. The number of thioether (sulfide) groups is 1. The molecule has 160 valence electrons. The van der Waals surface area contributed by atoms with Gasteiger partial charge in [0.05, 0.1) is 17.1 Å². The average molecular weight is 437 g/mol. The molecule has 3 aromatic rings. The Hall–Kier alpha value is -3.33. The van der Waals surface area contributed by atoms with Gasteiger partial charge in [0.2, 0.25) is 5.91 Å². The minimum Gasteiger partial charge on any atom is -0.325 e. The smallest absolute Gasteiger partial charge is 0.321 e. The standard InChI is InChI=1S/C22H24N6O2S/c1-16-8-10-17(11-9-16)28-15-23-26-22(28)31-14-20(29)24-18-6-2-3-7-19(18)25-21(30)27-12-4-5-13-27/h2-3,6-11,15H,4-5,12-14H2,1H3,(H,24,29)(H,25,30). The molecule has 1 aliphatic rings. The van der Waals surface area contributed by atoms with Gasteiger partial charge in [-0.05, 0) is 44.0 Å². The molecule has 2 N–H and O–H groups in total. The third kappa shape index (κ3) is 5.24. The van der Waals surface area contributed by atoms with E-state index in [9.17, 15) is 9.59 Å². The van der Waals surface area contributed by atoms with Crippen molar-refractivity contribution in [2.45, 2.75) is 24.9 Å².